The van der Waals surface area contributed by atoms with Crippen LogP contribution in [0.1, 0.15) is 11.3 Å². The first-order valence-corrected chi connectivity index (χ1v) is 6.34. The summed E-state index contributed by atoms with van der Waals surface area (Å²) in [5, 5.41) is 9.53. The molecule has 2 heterocycles. The molecule has 0 saturated carbocycles. The van der Waals surface area contributed by atoms with Crippen LogP contribution in [0.2, 0.25) is 0 Å². The van der Waals surface area contributed by atoms with Crippen LogP contribution in [0.25, 0.3) is 0 Å². The molecule has 0 radical (unpaired) electrons. The molecule has 3 rings (SSSR count). The Kier molecular flexibility index (Phi) is 2.95. The largest absolute Gasteiger partial charge is 0.374 e. The van der Waals surface area contributed by atoms with E-state index in [2.05, 4.69) is 39.6 Å². The van der Waals surface area contributed by atoms with Gasteiger partial charge in [0.1, 0.15) is 0 Å². The quantitative estimate of drug-likeness (QED) is 0.876. The lowest BCUT2D eigenvalue weighted by Crippen LogP contribution is -2.15. The van der Waals surface area contributed by atoms with E-state index in [1.165, 1.54) is 11.3 Å². The molecule has 0 spiro atoms. The lowest BCUT2D eigenvalue weighted by molar-refractivity contribution is -0.115. The molecule has 1 aromatic carbocycles. The van der Waals surface area contributed by atoms with Gasteiger partial charge in [-0.1, -0.05) is 0 Å². The summed E-state index contributed by atoms with van der Waals surface area (Å²) in [6.45, 7) is 1.04. The Morgan fingerprint density at radius 3 is 3.16 bits per heavy atom. The number of likely N-dealkylation sites (N-methyl/N-ethyl adjacent to an activating group) is 1. The fourth-order valence-electron chi connectivity index (χ4n) is 2.41. The highest BCUT2D eigenvalue weighted by Crippen LogP contribution is 2.29. The average molecular weight is 256 g/mol. The smallest absolute Gasteiger partial charge is 0.230 e. The second-order valence-corrected chi connectivity index (χ2v) is 4.82. The highest BCUT2D eigenvalue weighted by Gasteiger charge is 2.16. The van der Waals surface area contributed by atoms with Gasteiger partial charge in [-0.3, -0.25) is 9.89 Å². The van der Waals surface area contributed by atoms with Crippen molar-refractivity contribution in [3.8, 4) is 0 Å². The number of carbonyl (C=O) groups excluding carboxylic acids is 1. The van der Waals surface area contributed by atoms with Crippen molar-refractivity contribution in [1.82, 2.24) is 10.2 Å². The zero-order valence-electron chi connectivity index (χ0n) is 10.8. The van der Waals surface area contributed by atoms with Gasteiger partial charge in [-0.2, -0.15) is 5.10 Å². The number of nitrogens with zero attached hydrogens (tertiary/aromatic N) is 2. The summed E-state index contributed by atoms with van der Waals surface area (Å²) in [4.78, 5) is 14.1. The maximum Gasteiger partial charge on any atom is 0.230 e. The minimum Gasteiger partial charge on any atom is -0.374 e. The first-order valence-electron chi connectivity index (χ1n) is 6.34. The Bertz CT molecular complexity index is 591. The summed E-state index contributed by atoms with van der Waals surface area (Å²) in [6.07, 6.45) is 3.00. The van der Waals surface area contributed by atoms with E-state index in [0.29, 0.717) is 6.42 Å². The van der Waals surface area contributed by atoms with E-state index in [1.807, 2.05) is 6.07 Å². The van der Waals surface area contributed by atoms with Gasteiger partial charge in [-0.15, -0.1) is 0 Å². The van der Waals surface area contributed by atoms with Crippen molar-refractivity contribution in [2.24, 2.45) is 0 Å². The second kappa shape index (κ2) is 4.76. The first kappa shape index (κ1) is 11.8. The molecule has 0 saturated heterocycles. The Hall–Kier alpha value is -2.30. The van der Waals surface area contributed by atoms with Crippen LogP contribution in [-0.4, -0.2) is 29.7 Å². The van der Waals surface area contributed by atoms with Gasteiger partial charge in [0.15, 0.2) is 0 Å². The lowest BCUT2D eigenvalue weighted by atomic mass is 10.1. The zero-order valence-corrected chi connectivity index (χ0v) is 10.8. The van der Waals surface area contributed by atoms with E-state index in [4.69, 9.17) is 0 Å². The fourth-order valence-corrected chi connectivity index (χ4v) is 2.41. The van der Waals surface area contributed by atoms with Gasteiger partial charge in [0.05, 0.1) is 6.42 Å². The van der Waals surface area contributed by atoms with Gasteiger partial charge in [0.25, 0.3) is 0 Å². The fraction of sp³-hybridized carbons (Fsp3) is 0.286. The molecule has 19 heavy (non-hydrogen) atoms. The van der Waals surface area contributed by atoms with Gasteiger partial charge in [-0.25, -0.2) is 0 Å². The number of H-pyrrole nitrogens is 1. The number of rotatable bonds is 3. The number of carbonyl (C=O) groups is 1. The average Bonchev–Trinajstić information content (AvgIpc) is 3.00. The standard InChI is InChI=1S/C14H16N4O/c1-18-7-5-10-8-11(2-3-13(10)18)16-14(19)9-12-4-6-15-17-12/h2-4,6,8H,5,7,9H2,1H3,(H,15,17)(H,16,19). The third-order valence-corrected chi connectivity index (χ3v) is 3.40. The molecule has 1 amide bonds. The number of anilines is 2. The highest BCUT2D eigenvalue weighted by molar-refractivity contribution is 5.92. The third-order valence-electron chi connectivity index (χ3n) is 3.40. The van der Waals surface area contributed by atoms with Crippen LogP contribution in [0.5, 0.6) is 0 Å². The second-order valence-electron chi connectivity index (χ2n) is 4.82. The molecule has 5 heteroatoms. The van der Waals surface area contributed by atoms with E-state index < -0.39 is 0 Å². The molecule has 1 aliphatic rings. The van der Waals surface area contributed by atoms with E-state index in [0.717, 1.165) is 24.3 Å². The topological polar surface area (TPSA) is 61.0 Å². The molecule has 0 aliphatic carbocycles. The van der Waals surface area contributed by atoms with Crippen LogP contribution < -0.4 is 10.2 Å². The van der Waals surface area contributed by atoms with Crippen LogP contribution in [0.4, 0.5) is 11.4 Å². The van der Waals surface area contributed by atoms with Crippen molar-refractivity contribution in [2.45, 2.75) is 12.8 Å². The maximum absolute atomic E-state index is 11.9. The Balaban J connectivity index is 1.69. The molecule has 98 valence electrons. The normalized spacial score (nSPS) is 13.4. The van der Waals surface area contributed by atoms with Gasteiger partial charge < -0.3 is 10.2 Å². The Labute approximate surface area is 111 Å². The number of hydrogen-bond donors (Lipinski definition) is 2. The van der Waals surface area contributed by atoms with Crippen LogP contribution >= 0.6 is 0 Å². The van der Waals surface area contributed by atoms with Crippen molar-refractivity contribution in [3.63, 3.8) is 0 Å². The number of benzene rings is 1. The Morgan fingerprint density at radius 2 is 2.37 bits per heavy atom. The molecule has 2 N–H and O–H groups in total. The third kappa shape index (κ3) is 2.45. The van der Waals surface area contributed by atoms with Crippen LogP contribution in [0.3, 0.4) is 0 Å². The van der Waals surface area contributed by atoms with Crippen LogP contribution in [0, 0.1) is 0 Å². The van der Waals surface area contributed by atoms with Crippen molar-refractivity contribution < 1.29 is 4.79 Å². The molecule has 0 atom stereocenters. The molecule has 2 aromatic rings. The number of hydrogen-bond acceptors (Lipinski definition) is 3. The number of fused-ring (bicyclic) bond motifs is 1. The maximum atomic E-state index is 11.9. The summed E-state index contributed by atoms with van der Waals surface area (Å²) in [5.41, 5.74) is 4.23. The van der Waals surface area contributed by atoms with Gasteiger partial charge in [0.2, 0.25) is 5.91 Å². The van der Waals surface area contributed by atoms with Gasteiger partial charge >= 0.3 is 0 Å². The van der Waals surface area contributed by atoms with E-state index in [-0.39, 0.29) is 5.91 Å². The van der Waals surface area contributed by atoms with E-state index >= 15 is 0 Å². The summed E-state index contributed by atoms with van der Waals surface area (Å²) in [6, 6.07) is 7.88. The Morgan fingerprint density at radius 1 is 1.47 bits per heavy atom. The number of amides is 1. The van der Waals surface area contributed by atoms with Gasteiger partial charge in [0, 0.05) is 36.9 Å². The summed E-state index contributed by atoms with van der Waals surface area (Å²) >= 11 is 0. The van der Waals surface area contributed by atoms with Crippen molar-refractivity contribution in [2.75, 3.05) is 23.8 Å². The predicted molar refractivity (Wildman–Crippen MR) is 74.3 cm³/mol. The van der Waals surface area contributed by atoms with Crippen molar-refractivity contribution in [1.29, 1.82) is 0 Å². The zero-order chi connectivity index (χ0) is 13.2. The molecular weight excluding hydrogens is 240 g/mol. The highest BCUT2D eigenvalue weighted by atomic mass is 16.1. The lowest BCUT2D eigenvalue weighted by Gasteiger charge is -2.12. The molecular formula is C14H16N4O. The van der Waals surface area contributed by atoms with Crippen molar-refractivity contribution in [3.05, 3.63) is 41.7 Å². The van der Waals surface area contributed by atoms with Gasteiger partial charge in [-0.05, 0) is 36.2 Å². The molecule has 0 fully saturated rings. The number of aromatic nitrogens is 2. The number of nitrogens with one attached hydrogen (secondary N) is 2. The summed E-state index contributed by atoms with van der Waals surface area (Å²) < 4.78 is 0. The predicted octanol–water partition coefficient (Wildman–Crippen LogP) is 1.58. The molecule has 5 nitrogen and oxygen atoms in total. The molecule has 0 unspecified atom stereocenters. The van der Waals surface area contributed by atoms with E-state index in [1.54, 1.807) is 12.3 Å². The van der Waals surface area contributed by atoms with E-state index in [9.17, 15) is 4.79 Å². The van der Waals surface area contributed by atoms with Crippen molar-refractivity contribution >= 4 is 17.3 Å². The minimum absolute atomic E-state index is 0.0319. The van der Waals surface area contributed by atoms with Crippen LogP contribution in [-0.2, 0) is 17.6 Å². The molecule has 1 aliphatic heterocycles. The minimum atomic E-state index is -0.0319. The summed E-state index contributed by atoms with van der Waals surface area (Å²) in [7, 11) is 2.09. The molecule has 0 bridgehead atoms. The van der Waals surface area contributed by atoms with Crippen LogP contribution in [0.15, 0.2) is 30.5 Å². The monoisotopic (exact) mass is 256 g/mol. The SMILES string of the molecule is CN1CCc2cc(NC(=O)Cc3ccn[nH]3)ccc21. The summed E-state index contributed by atoms with van der Waals surface area (Å²) in [5.74, 6) is -0.0319. The molecule has 1 aromatic heterocycles. The number of aromatic amines is 1. The first-order chi connectivity index (χ1) is 9.22.